The van der Waals surface area contributed by atoms with Gasteiger partial charge in [0.15, 0.2) is 0 Å². The van der Waals surface area contributed by atoms with Gasteiger partial charge in [0.05, 0.1) is 4.88 Å². The standard InChI is InChI=1S/C14H12N2O2S/c15-13(17)11-8-9-4-1-2-5-10(9)16(11)14(18)12-6-3-7-19-12/h1-7,11H,8H2,(H2,15,17)/t11-/m1/s1. The van der Waals surface area contributed by atoms with E-state index in [9.17, 15) is 9.59 Å². The van der Waals surface area contributed by atoms with Crippen molar-refractivity contribution in [2.75, 3.05) is 4.90 Å². The summed E-state index contributed by atoms with van der Waals surface area (Å²) in [5.41, 5.74) is 7.19. The van der Waals surface area contributed by atoms with Crippen molar-refractivity contribution in [2.24, 2.45) is 5.73 Å². The minimum Gasteiger partial charge on any atom is -0.368 e. The lowest BCUT2D eigenvalue weighted by Crippen LogP contribution is -2.45. The third-order valence-electron chi connectivity index (χ3n) is 3.26. The Hall–Kier alpha value is -2.14. The third-order valence-corrected chi connectivity index (χ3v) is 4.11. The van der Waals surface area contributed by atoms with Crippen molar-refractivity contribution in [3.8, 4) is 0 Å². The zero-order valence-electron chi connectivity index (χ0n) is 10.1. The smallest absolute Gasteiger partial charge is 0.269 e. The first-order valence-electron chi connectivity index (χ1n) is 5.93. The number of carbonyl (C=O) groups excluding carboxylic acids is 2. The number of para-hydroxylation sites is 1. The van der Waals surface area contributed by atoms with Crippen LogP contribution in [0, 0.1) is 0 Å². The second kappa shape index (κ2) is 4.51. The van der Waals surface area contributed by atoms with E-state index in [1.165, 1.54) is 16.2 Å². The van der Waals surface area contributed by atoms with Gasteiger partial charge in [0.2, 0.25) is 5.91 Å². The average Bonchev–Trinajstić information content (AvgIpc) is 3.05. The predicted molar refractivity (Wildman–Crippen MR) is 74.3 cm³/mol. The van der Waals surface area contributed by atoms with E-state index < -0.39 is 11.9 Å². The van der Waals surface area contributed by atoms with Crippen LogP contribution in [0.15, 0.2) is 41.8 Å². The Labute approximate surface area is 114 Å². The van der Waals surface area contributed by atoms with Crippen LogP contribution in [-0.2, 0) is 11.2 Å². The fourth-order valence-electron chi connectivity index (χ4n) is 2.38. The van der Waals surface area contributed by atoms with E-state index in [1.807, 2.05) is 35.7 Å². The molecule has 1 aromatic heterocycles. The van der Waals surface area contributed by atoms with Crippen LogP contribution < -0.4 is 10.6 Å². The van der Waals surface area contributed by atoms with Crippen molar-refractivity contribution in [1.82, 2.24) is 0 Å². The molecular weight excluding hydrogens is 260 g/mol. The summed E-state index contributed by atoms with van der Waals surface area (Å²) in [7, 11) is 0. The molecule has 0 aliphatic carbocycles. The van der Waals surface area contributed by atoms with Gasteiger partial charge in [-0.25, -0.2) is 0 Å². The summed E-state index contributed by atoms with van der Waals surface area (Å²) >= 11 is 1.36. The average molecular weight is 272 g/mol. The third kappa shape index (κ3) is 1.92. The number of fused-ring (bicyclic) bond motifs is 1. The maximum atomic E-state index is 12.5. The predicted octanol–water partition coefficient (Wildman–Crippen LogP) is 1.80. The molecule has 1 aromatic carbocycles. The Balaban J connectivity index is 2.05. The van der Waals surface area contributed by atoms with Crippen molar-refractivity contribution >= 4 is 28.8 Å². The SMILES string of the molecule is NC(=O)[C@H]1Cc2ccccc2N1C(=O)c1cccs1. The normalized spacial score (nSPS) is 17.3. The molecule has 1 atom stereocenters. The van der Waals surface area contributed by atoms with Gasteiger partial charge >= 0.3 is 0 Å². The summed E-state index contributed by atoms with van der Waals surface area (Å²) in [4.78, 5) is 26.2. The molecule has 19 heavy (non-hydrogen) atoms. The molecule has 2 aromatic rings. The molecule has 0 radical (unpaired) electrons. The van der Waals surface area contributed by atoms with Gasteiger partial charge in [-0.2, -0.15) is 0 Å². The number of rotatable bonds is 2. The van der Waals surface area contributed by atoms with E-state index in [0.29, 0.717) is 11.3 Å². The lowest BCUT2D eigenvalue weighted by atomic mass is 10.1. The second-order valence-corrected chi connectivity index (χ2v) is 5.35. The van der Waals surface area contributed by atoms with Crippen molar-refractivity contribution < 1.29 is 9.59 Å². The van der Waals surface area contributed by atoms with Gasteiger partial charge in [-0.15, -0.1) is 11.3 Å². The molecule has 4 nitrogen and oxygen atoms in total. The van der Waals surface area contributed by atoms with E-state index >= 15 is 0 Å². The molecule has 0 spiro atoms. The number of carbonyl (C=O) groups is 2. The fourth-order valence-corrected chi connectivity index (χ4v) is 3.04. The van der Waals surface area contributed by atoms with Gasteiger partial charge in [0, 0.05) is 12.1 Å². The van der Waals surface area contributed by atoms with Crippen LogP contribution in [0.25, 0.3) is 0 Å². The minimum absolute atomic E-state index is 0.163. The molecule has 0 bridgehead atoms. The van der Waals surface area contributed by atoms with E-state index in [0.717, 1.165) is 11.3 Å². The van der Waals surface area contributed by atoms with Gasteiger partial charge in [-0.05, 0) is 23.1 Å². The second-order valence-electron chi connectivity index (χ2n) is 4.40. The minimum atomic E-state index is -0.591. The Kier molecular flexibility index (Phi) is 2.83. The van der Waals surface area contributed by atoms with E-state index in [2.05, 4.69) is 0 Å². The number of amides is 2. The molecule has 1 aliphatic rings. The van der Waals surface area contributed by atoms with Crippen LogP contribution in [0.5, 0.6) is 0 Å². The molecule has 3 rings (SSSR count). The highest BCUT2D eigenvalue weighted by Gasteiger charge is 2.37. The number of nitrogens with two attached hydrogens (primary N) is 1. The zero-order chi connectivity index (χ0) is 13.4. The van der Waals surface area contributed by atoms with Gasteiger partial charge in [-0.3, -0.25) is 14.5 Å². The largest absolute Gasteiger partial charge is 0.368 e. The van der Waals surface area contributed by atoms with Gasteiger partial charge in [-0.1, -0.05) is 24.3 Å². The van der Waals surface area contributed by atoms with E-state index in [1.54, 1.807) is 6.07 Å². The number of hydrogen-bond donors (Lipinski definition) is 1. The van der Waals surface area contributed by atoms with Crippen LogP contribution in [0.1, 0.15) is 15.2 Å². The zero-order valence-corrected chi connectivity index (χ0v) is 10.9. The summed E-state index contributed by atoms with van der Waals surface area (Å²) in [5, 5.41) is 1.84. The van der Waals surface area contributed by atoms with Crippen LogP contribution in [0.3, 0.4) is 0 Å². The topological polar surface area (TPSA) is 63.4 Å². The first-order valence-corrected chi connectivity index (χ1v) is 6.80. The molecule has 1 aliphatic heterocycles. The fraction of sp³-hybridized carbons (Fsp3) is 0.143. The van der Waals surface area contributed by atoms with Crippen LogP contribution in [0.2, 0.25) is 0 Å². The molecule has 0 unspecified atom stereocenters. The molecule has 2 heterocycles. The summed E-state index contributed by atoms with van der Waals surface area (Å²) < 4.78 is 0. The highest BCUT2D eigenvalue weighted by Crippen LogP contribution is 2.33. The lowest BCUT2D eigenvalue weighted by Gasteiger charge is -2.22. The number of benzene rings is 1. The Morgan fingerprint density at radius 2 is 2.00 bits per heavy atom. The Bertz CT molecular complexity index is 637. The van der Waals surface area contributed by atoms with Crippen LogP contribution >= 0.6 is 11.3 Å². The molecule has 0 saturated heterocycles. The van der Waals surface area contributed by atoms with Gasteiger partial charge in [0.25, 0.3) is 5.91 Å². The van der Waals surface area contributed by atoms with Gasteiger partial charge < -0.3 is 5.73 Å². The number of thiophene rings is 1. The quantitative estimate of drug-likeness (QED) is 0.906. The summed E-state index contributed by atoms with van der Waals surface area (Å²) in [6.45, 7) is 0. The number of primary amides is 1. The molecule has 5 heteroatoms. The van der Waals surface area contributed by atoms with Crippen molar-refractivity contribution in [3.63, 3.8) is 0 Å². The van der Waals surface area contributed by atoms with Crippen molar-refractivity contribution in [3.05, 3.63) is 52.2 Å². The van der Waals surface area contributed by atoms with Crippen LogP contribution in [0.4, 0.5) is 5.69 Å². The molecule has 0 saturated carbocycles. The monoisotopic (exact) mass is 272 g/mol. The maximum Gasteiger partial charge on any atom is 0.269 e. The molecule has 2 amide bonds. The first kappa shape index (κ1) is 11.9. The summed E-state index contributed by atoms with van der Waals surface area (Å²) in [6, 6.07) is 10.5. The van der Waals surface area contributed by atoms with Crippen molar-refractivity contribution in [1.29, 1.82) is 0 Å². The first-order chi connectivity index (χ1) is 9.18. The molecule has 2 N–H and O–H groups in total. The number of nitrogens with zero attached hydrogens (tertiary/aromatic N) is 1. The highest BCUT2D eigenvalue weighted by molar-refractivity contribution is 7.12. The van der Waals surface area contributed by atoms with E-state index in [4.69, 9.17) is 5.73 Å². The van der Waals surface area contributed by atoms with Crippen LogP contribution in [-0.4, -0.2) is 17.9 Å². The maximum absolute atomic E-state index is 12.5. The highest BCUT2D eigenvalue weighted by atomic mass is 32.1. The Morgan fingerprint density at radius 3 is 2.68 bits per heavy atom. The summed E-state index contributed by atoms with van der Waals surface area (Å²) in [5.74, 6) is -0.634. The van der Waals surface area contributed by atoms with E-state index in [-0.39, 0.29) is 5.91 Å². The lowest BCUT2D eigenvalue weighted by molar-refractivity contribution is -0.119. The van der Waals surface area contributed by atoms with Crippen molar-refractivity contribution in [2.45, 2.75) is 12.5 Å². The molecule has 0 fully saturated rings. The van der Waals surface area contributed by atoms with Gasteiger partial charge in [0.1, 0.15) is 6.04 Å². The summed E-state index contributed by atoms with van der Waals surface area (Å²) in [6.07, 6.45) is 0.489. The molecule has 96 valence electrons. The number of anilines is 1. The molecular formula is C14H12N2O2S. The Morgan fingerprint density at radius 1 is 1.21 bits per heavy atom. The number of hydrogen-bond acceptors (Lipinski definition) is 3.